The van der Waals surface area contributed by atoms with Crippen molar-refractivity contribution in [2.75, 3.05) is 13.2 Å². The van der Waals surface area contributed by atoms with Crippen LogP contribution in [0.1, 0.15) is 65.9 Å². The molecule has 0 bridgehead atoms. The summed E-state index contributed by atoms with van der Waals surface area (Å²) in [6, 6.07) is 9.42. The molecule has 57 heavy (non-hydrogen) atoms. The summed E-state index contributed by atoms with van der Waals surface area (Å²) in [4.78, 5) is 50.9. The van der Waals surface area contributed by atoms with Gasteiger partial charge in [0.1, 0.15) is 24.4 Å². The molecule has 1 aromatic rings. The van der Waals surface area contributed by atoms with Crippen LogP contribution in [0, 0.1) is 17.8 Å². The maximum atomic E-state index is 14.0. The molecule has 1 aromatic carbocycles. The third-order valence-corrected chi connectivity index (χ3v) is 12.0. The second-order valence-corrected chi connectivity index (χ2v) is 16.0. The monoisotopic (exact) mass is 804 g/mol. The van der Waals surface area contributed by atoms with Crippen molar-refractivity contribution in [2.24, 2.45) is 17.8 Å². The highest BCUT2D eigenvalue weighted by Gasteiger charge is 2.76. The van der Waals surface area contributed by atoms with Gasteiger partial charge in [0.25, 0.3) is 0 Å². The van der Waals surface area contributed by atoms with Crippen LogP contribution < -0.4 is 0 Å². The van der Waals surface area contributed by atoms with E-state index in [2.05, 4.69) is 0 Å². The van der Waals surface area contributed by atoms with Gasteiger partial charge in [0.05, 0.1) is 37.4 Å². The molecule has 17 heteroatoms. The summed E-state index contributed by atoms with van der Waals surface area (Å²) in [7, 11) is 0. The summed E-state index contributed by atoms with van der Waals surface area (Å²) in [6.07, 6.45) is -10.6. The molecule has 5 saturated heterocycles. The van der Waals surface area contributed by atoms with Crippen LogP contribution in [0.2, 0.25) is 0 Å². The Hall–Kier alpha value is -3.52. The number of hydrogen-bond donors (Lipinski definition) is 3. The van der Waals surface area contributed by atoms with Crippen LogP contribution in [0.4, 0.5) is 0 Å². The number of epoxide rings is 1. The molecule has 6 fully saturated rings. The van der Waals surface area contributed by atoms with Crippen LogP contribution in [-0.2, 0) is 66.5 Å². The van der Waals surface area contributed by atoms with Gasteiger partial charge in [-0.05, 0) is 44.7 Å². The minimum Gasteiger partial charge on any atom is -0.459 e. The summed E-state index contributed by atoms with van der Waals surface area (Å²) in [5.41, 5.74) is 0.102. The van der Waals surface area contributed by atoms with E-state index in [9.17, 15) is 34.5 Å². The van der Waals surface area contributed by atoms with Gasteiger partial charge in [0.2, 0.25) is 12.1 Å². The zero-order valence-electron chi connectivity index (χ0n) is 32.5. The Balaban J connectivity index is 1.04. The molecule has 5 aliphatic heterocycles. The SMILES string of the molecule is CC(=O)O[C@H]1[C@H](O)[C@@H](O[C@H]2[C@H](OC(=O)[C@@H]3CC[C@@H]4[C@H](C3)O[C@]3(C[C@@H](OC(=O)C=Cc5ccccc5)[C@@H](C)CO3)[C@]43CO3)O[C@H](C)[C@@H](O)[C@@H]2OC(C)=O)O[C@@H](C)[C@H]1O. The molecule has 6 aliphatic rings. The van der Waals surface area contributed by atoms with Crippen LogP contribution in [0.3, 0.4) is 0 Å². The van der Waals surface area contributed by atoms with Crippen molar-refractivity contribution in [3.8, 4) is 0 Å². The van der Waals surface area contributed by atoms with Gasteiger partial charge in [0, 0.05) is 38.2 Å². The topological polar surface area (TPSA) is 225 Å². The number of fused-ring (bicyclic) bond motifs is 3. The van der Waals surface area contributed by atoms with Crippen molar-refractivity contribution in [3.05, 3.63) is 42.0 Å². The number of carbonyl (C=O) groups is 4. The van der Waals surface area contributed by atoms with Gasteiger partial charge < -0.3 is 62.7 Å². The van der Waals surface area contributed by atoms with E-state index < -0.39 is 115 Å². The van der Waals surface area contributed by atoms with Gasteiger partial charge in [-0.1, -0.05) is 37.3 Å². The lowest BCUT2D eigenvalue weighted by molar-refractivity contribution is -0.358. The van der Waals surface area contributed by atoms with E-state index in [1.165, 1.54) is 19.9 Å². The average Bonchev–Trinajstić information content (AvgIpc) is 3.94. The maximum absolute atomic E-state index is 14.0. The van der Waals surface area contributed by atoms with E-state index in [1.807, 2.05) is 37.3 Å². The van der Waals surface area contributed by atoms with Crippen molar-refractivity contribution in [3.63, 3.8) is 0 Å². The summed E-state index contributed by atoms with van der Waals surface area (Å²) >= 11 is 0. The molecule has 1 saturated carbocycles. The molecule has 17 nitrogen and oxygen atoms in total. The fourth-order valence-corrected chi connectivity index (χ4v) is 8.85. The first-order valence-corrected chi connectivity index (χ1v) is 19.6. The quantitative estimate of drug-likeness (QED) is 0.139. The fourth-order valence-electron chi connectivity index (χ4n) is 8.85. The van der Waals surface area contributed by atoms with Crippen LogP contribution in [-0.4, -0.2) is 137 Å². The molecule has 0 unspecified atom stereocenters. The number of ether oxygens (including phenoxy) is 10. The molecule has 5 heterocycles. The predicted octanol–water partition coefficient (Wildman–Crippen LogP) is 1.31. The van der Waals surface area contributed by atoms with Crippen molar-refractivity contribution >= 4 is 30.0 Å². The Morgan fingerprint density at radius 1 is 0.789 bits per heavy atom. The van der Waals surface area contributed by atoms with Crippen LogP contribution >= 0.6 is 0 Å². The third kappa shape index (κ3) is 8.36. The lowest BCUT2D eigenvalue weighted by atomic mass is 9.72. The highest BCUT2D eigenvalue weighted by Crippen LogP contribution is 2.62. The lowest BCUT2D eigenvalue weighted by Gasteiger charge is -2.46. The molecular formula is C40H52O17. The molecule has 2 spiro atoms. The predicted molar refractivity (Wildman–Crippen MR) is 191 cm³/mol. The molecule has 0 aromatic heterocycles. The molecule has 314 valence electrons. The Bertz CT molecular complexity index is 1670. The highest BCUT2D eigenvalue weighted by atomic mass is 16.8. The summed E-state index contributed by atoms with van der Waals surface area (Å²) in [6.45, 7) is 7.81. The summed E-state index contributed by atoms with van der Waals surface area (Å²) < 4.78 is 59.4. The van der Waals surface area contributed by atoms with Crippen LogP contribution in [0.15, 0.2) is 36.4 Å². The number of esters is 4. The molecule has 1 aliphatic carbocycles. The smallest absolute Gasteiger partial charge is 0.331 e. The van der Waals surface area contributed by atoms with Gasteiger partial charge in [-0.25, -0.2) is 4.79 Å². The zero-order chi connectivity index (χ0) is 40.8. The average molecular weight is 805 g/mol. The van der Waals surface area contributed by atoms with Gasteiger partial charge in [-0.3, -0.25) is 14.4 Å². The summed E-state index contributed by atoms with van der Waals surface area (Å²) in [5, 5.41) is 32.7. The number of benzene rings is 1. The minimum absolute atomic E-state index is 0.109. The largest absolute Gasteiger partial charge is 0.459 e. The molecule has 3 N–H and O–H groups in total. The molecule has 0 amide bonds. The van der Waals surface area contributed by atoms with E-state index in [1.54, 1.807) is 6.08 Å². The second kappa shape index (κ2) is 16.6. The van der Waals surface area contributed by atoms with E-state index in [0.717, 1.165) is 19.4 Å². The summed E-state index contributed by atoms with van der Waals surface area (Å²) in [5.74, 6) is -4.80. The van der Waals surface area contributed by atoms with Crippen LogP contribution in [0.25, 0.3) is 6.08 Å². The number of aliphatic hydroxyl groups is 3. The molecule has 7 rings (SSSR count). The van der Waals surface area contributed by atoms with E-state index in [0.29, 0.717) is 19.4 Å². The first-order valence-electron chi connectivity index (χ1n) is 19.6. The highest BCUT2D eigenvalue weighted by molar-refractivity contribution is 5.87. The number of rotatable bonds is 9. The molecule has 0 radical (unpaired) electrons. The third-order valence-electron chi connectivity index (χ3n) is 12.0. The number of carbonyl (C=O) groups excluding carboxylic acids is 4. The standard InChI is InChI=1S/C40H52O17/c1-19-17-48-40(16-28(19)54-29(43)14-11-24-9-7-6-8-10-24)39(18-49-39)26-13-12-25(15-27(26)57-40)36(47)56-38-35(34(53-23(5)42)31(45)21(3)51-38)55-37-32(46)33(52-22(4)41)30(44)20(2)50-37/h6-11,14,19-21,25-28,30-35,37-38,44-46H,12-13,15-18H2,1-5H3/t19-,20-,21+,25+,26+,27-,28+,30+,31+,32-,33+,34-,35+,37+,38-,39-,40+/m0/s1. The first kappa shape index (κ1) is 41.6. The number of aliphatic hydroxyl groups excluding tert-OH is 3. The fraction of sp³-hybridized carbons (Fsp3) is 0.700. The van der Waals surface area contributed by atoms with E-state index >= 15 is 0 Å². The molecule has 17 atom stereocenters. The van der Waals surface area contributed by atoms with Crippen molar-refractivity contribution in [1.82, 2.24) is 0 Å². The van der Waals surface area contributed by atoms with Crippen molar-refractivity contribution in [1.29, 1.82) is 0 Å². The van der Waals surface area contributed by atoms with E-state index in [4.69, 9.17) is 47.4 Å². The van der Waals surface area contributed by atoms with Gasteiger partial charge in [-0.15, -0.1) is 0 Å². The Morgan fingerprint density at radius 2 is 1.44 bits per heavy atom. The van der Waals surface area contributed by atoms with Gasteiger partial charge in [-0.2, -0.15) is 0 Å². The normalized spacial score (nSPS) is 44.0. The van der Waals surface area contributed by atoms with Crippen molar-refractivity contribution < 1.29 is 81.9 Å². The Kier molecular flexibility index (Phi) is 12.1. The van der Waals surface area contributed by atoms with Gasteiger partial charge >= 0.3 is 23.9 Å². The zero-order valence-corrected chi connectivity index (χ0v) is 32.5. The Morgan fingerprint density at radius 3 is 2.11 bits per heavy atom. The lowest BCUT2D eigenvalue weighted by Crippen LogP contribution is -2.64. The van der Waals surface area contributed by atoms with Crippen LogP contribution in [0.5, 0.6) is 0 Å². The Labute approximate surface area is 329 Å². The minimum atomic E-state index is -1.73. The second-order valence-electron chi connectivity index (χ2n) is 16.0. The van der Waals surface area contributed by atoms with E-state index in [-0.39, 0.29) is 31.3 Å². The number of hydrogen-bond acceptors (Lipinski definition) is 17. The maximum Gasteiger partial charge on any atom is 0.331 e. The first-order chi connectivity index (χ1) is 27.1. The van der Waals surface area contributed by atoms with Gasteiger partial charge in [0.15, 0.2) is 30.2 Å². The molecular weight excluding hydrogens is 752 g/mol. The van der Waals surface area contributed by atoms with Crippen molar-refractivity contribution in [2.45, 2.75) is 145 Å².